The number of hydrogen-bond acceptors (Lipinski definition) is 5. The summed E-state index contributed by atoms with van der Waals surface area (Å²) in [6.07, 6.45) is 3.74. The zero-order chi connectivity index (χ0) is 14.4. The molecule has 6 nitrogen and oxygen atoms in total. The van der Waals surface area contributed by atoms with Gasteiger partial charge in [-0.05, 0) is 25.7 Å². The van der Waals surface area contributed by atoms with Gasteiger partial charge in [-0.3, -0.25) is 10.1 Å². The van der Waals surface area contributed by atoms with Crippen LogP contribution in [0.4, 0.5) is 5.69 Å². The van der Waals surface area contributed by atoms with E-state index in [2.05, 4.69) is 0 Å². The fraction of sp³-hybridized carbons (Fsp3) is 0.385. The molecule has 6 heteroatoms. The Labute approximate surface area is 112 Å². The SMILES string of the molecule is COc1cc(C=CCN(C)C)cc([N+](=O)[O-])c1OC. The maximum atomic E-state index is 11.0. The number of nitrogens with zero attached hydrogens (tertiary/aromatic N) is 2. The lowest BCUT2D eigenvalue weighted by Gasteiger charge is -2.09. The van der Waals surface area contributed by atoms with Gasteiger partial charge in [0, 0.05) is 12.6 Å². The van der Waals surface area contributed by atoms with Crippen LogP contribution in [0.15, 0.2) is 18.2 Å². The Kier molecular flexibility index (Phi) is 5.32. The summed E-state index contributed by atoms with van der Waals surface area (Å²) in [7, 11) is 6.73. The van der Waals surface area contributed by atoms with Crippen LogP contribution in [0.2, 0.25) is 0 Å². The van der Waals surface area contributed by atoms with Gasteiger partial charge in [-0.1, -0.05) is 12.2 Å². The third kappa shape index (κ3) is 3.96. The van der Waals surface area contributed by atoms with E-state index < -0.39 is 4.92 Å². The molecule has 1 rings (SSSR count). The van der Waals surface area contributed by atoms with Gasteiger partial charge in [0.25, 0.3) is 0 Å². The average molecular weight is 266 g/mol. The van der Waals surface area contributed by atoms with Gasteiger partial charge in [0.05, 0.1) is 19.1 Å². The van der Waals surface area contributed by atoms with Gasteiger partial charge in [0.2, 0.25) is 5.75 Å². The molecule has 0 aliphatic rings. The molecule has 19 heavy (non-hydrogen) atoms. The number of hydrogen-bond donors (Lipinski definition) is 0. The van der Waals surface area contributed by atoms with E-state index >= 15 is 0 Å². The molecular weight excluding hydrogens is 248 g/mol. The van der Waals surface area contributed by atoms with Gasteiger partial charge in [0.15, 0.2) is 5.75 Å². The minimum absolute atomic E-state index is 0.105. The highest BCUT2D eigenvalue weighted by molar-refractivity contribution is 5.65. The van der Waals surface area contributed by atoms with Crippen LogP contribution in [-0.2, 0) is 0 Å². The summed E-state index contributed by atoms with van der Waals surface area (Å²) < 4.78 is 10.1. The molecule has 0 atom stereocenters. The van der Waals surface area contributed by atoms with E-state index in [1.165, 1.54) is 20.3 Å². The minimum atomic E-state index is -0.482. The van der Waals surface area contributed by atoms with Crippen LogP contribution in [-0.4, -0.2) is 44.7 Å². The van der Waals surface area contributed by atoms with E-state index in [0.29, 0.717) is 11.3 Å². The minimum Gasteiger partial charge on any atom is -0.493 e. The van der Waals surface area contributed by atoms with E-state index in [4.69, 9.17) is 9.47 Å². The van der Waals surface area contributed by atoms with Gasteiger partial charge >= 0.3 is 5.69 Å². The molecule has 0 unspecified atom stereocenters. The van der Waals surface area contributed by atoms with E-state index in [0.717, 1.165) is 6.54 Å². The molecule has 0 amide bonds. The second-order valence-corrected chi connectivity index (χ2v) is 4.20. The quantitative estimate of drug-likeness (QED) is 0.583. The van der Waals surface area contributed by atoms with Gasteiger partial charge in [-0.15, -0.1) is 0 Å². The highest BCUT2D eigenvalue weighted by Gasteiger charge is 2.20. The maximum Gasteiger partial charge on any atom is 0.315 e. The second kappa shape index (κ2) is 6.75. The molecule has 0 spiro atoms. The highest BCUT2D eigenvalue weighted by Crippen LogP contribution is 2.38. The zero-order valence-corrected chi connectivity index (χ0v) is 11.5. The van der Waals surface area contributed by atoms with Crippen molar-refractivity contribution < 1.29 is 14.4 Å². The van der Waals surface area contributed by atoms with Gasteiger partial charge in [-0.25, -0.2) is 0 Å². The number of ether oxygens (including phenoxy) is 2. The van der Waals surface area contributed by atoms with Gasteiger partial charge in [-0.2, -0.15) is 0 Å². The van der Waals surface area contributed by atoms with Gasteiger partial charge < -0.3 is 14.4 Å². The summed E-state index contributed by atoms with van der Waals surface area (Å²) in [4.78, 5) is 12.5. The van der Waals surface area contributed by atoms with E-state index in [-0.39, 0.29) is 11.4 Å². The third-order valence-corrected chi connectivity index (χ3v) is 2.46. The lowest BCUT2D eigenvalue weighted by molar-refractivity contribution is -0.385. The van der Waals surface area contributed by atoms with Crippen molar-refractivity contribution in [2.24, 2.45) is 0 Å². The molecule has 104 valence electrons. The standard InChI is InChI=1S/C13H18N2O4/c1-14(2)7-5-6-10-8-11(15(16)17)13(19-4)12(9-10)18-3/h5-6,8-9H,7H2,1-4H3. The summed E-state index contributed by atoms with van der Waals surface area (Å²) >= 11 is 0. The first-order chi connectivity index (χ1) is 8.99. The molecule has 0 fully saturated rings. The van der Waals surface area contributed by atoms with Crippen molar-refractivity contribution in [1.82, 2.24) is 4.90 Å². The summed E-state index contributed by atoms with van der Waals surface area (Å²) in [6, 6.07) is 3.17. The Balaban J connectivity index is 3.17. The van der Waals surface area contributed by atoms with Crippen LogP contribution in [0, 0.1) is 10.1 Å². The Hall–Kier alpha value is -2.08. The molecule has 0 saturated heterocycles. The molecule has 0 heterocycles. The van der Waals surface area contributed by atoms with Crippen molar-refractivity contribution in [2.75, 3.05) is 34.9 Å². The molecule has 0 radical (unpaired) electrons. The molecule has 1 aromatic carbocycles. The number of benzene rings is 1. The van der Waals surface area contributed by atoms with Crippen LogP contribution in [0.25, 0.3) is 6.08 Å². The molecule has 0 N–H and O–H groups in total. The molecule has 0 aromatic heterocycles. The summed E-state index contributed by atoms with van der Waals surface area (Å²) in [6.45, 7) is 0.752. The fourth-order valence-corrected chi connectivity index (χ4v) is 1.60. The van der Waals surface area contributed by atoms with E-state index in [1.54, 1.807) is 6.07 Å². The molecule has 0 saturated carbocycles. The smallest absolute Gasteiger partial charge is 0.315 e. The van der Waals surface area contributed by atoms with Crippen molar-refractivity contribution in [3.63, 3.8) is 0 Å². The van der Waals surface area contributed by atoms with Crippen LogP contribution in [0.5, 0.6) is 11.5 Å². The largest absolute Gasteiger partial charge is 0.493 e. The lowest BCUT2D eigenvalue weighted by Crippen LogP contribution is -2.10. The average Bonchev–Trinajstić information content (AvgIpc) is 2.36. The third-order valence-electron chi connectivity index (χ3n) is 2.46. The summed E-state index contributed by atoms with van der Waals surface area (Å²) in [5.74, 6) is 0.485. The molecule has 0 bridgehead atoms. The zero-order valence-electron chi connectivity index (χ0n) is 11.5. The van der Waals surface area contributed by atoms with Crippen molar-refractivity contribution in [2.45, 2.75) is 0 Å². The van der Waals surface area contributed by atoms with Crippen molar-refractivity contribution in [1.29, 1.82) is 0 Å². The number of nitro groups is 1. The number of nitro benzene ring substituents is 1. The van der Waals surface area contributed by atoms with E-state index in [1.807, 2.05) is 31.1 Å². The van der Waals surface area contributed by atoms with E-state index in [9.17, 15) is 10.1 Å². The molecule has 0 aliphatic heterocycles. The van der Waals surface area contributed by atoms with Crippen LogP contribution < -0.4 is 9.47 Å². The molecule has 1 aromatic rings. The highest BCUT2D eigenvalue weighted by atomic mass is 16.6. The monoisotopic (exact) mass is 266 g/mol. The van der Waals surface area contributed by atoms with Crippen LogP contribution in [0.3, 0.4) is 0 Å². The van der Waals surface area contributed by atoms with Crippen molar-refractivity contribution in [3.05, 3.63) is 33.9 Å². The maximum absolute atomic E-state index is 11.0. The predicted octanol–water partition coefficient (Wildman–Crippen LogP) is 2.19. The first-order valence-electron chi connectivity index (χ1n) is 5.71. The summed E-state index contributed by atoms with van der Waals surface area (Å²) in [5.41, 5.74) is 0.595. The van der Waals surface area contributed by atoms with Crippen LogP contribution in [0.1, 0.15) is 5.56 Å². The van der Waals surface area contributed by atoms with Crippen molar-refractivity contribution >= 4 is 11.8 Å². The molecule has 0 aliphatic carbocycles. The first-order valence-corrected chi connectivity index (χ1v) is 5.71. The van der Waals surface area contributed by atoms with Crippen LogP contribution >= 0.6 is 0 Å². The number of likely N-dealkylation sites (N-methyl/N-ethyl adjacent to an activating group) is 1. The predicted molar refractivity (Wildman–Crippen MR) is 73.8 cm³/mol. The Morgan fingerprint density at radius 3 is 2.47 bits per heavy atom. The topological polar surface area (TPSA) is 64.8 Å². The summed E-state index contributed by atoms with van der Waals surface area (Å²) in [5, 5.41) is 11.0. The number of rotatable bonds is 6. The fourth-order valence-electron chi connectivity index (χ4n) is 1.60. The normalized spacial score (nSPS) is 11.0. The molecular formula is C13H18N2O4. The number of methoxy groups -OCH3 is 2. The van der Waals surface area contributed by atoms with Gasteiger partial charge in [0.1, 0.15) is 0 Å². The van der Waals surface area contributed by atoms with Crippen molar-refractivity contribution in [3.8, 4) is 11.5 Å². The lowest BCUT2D eigenvalue weighted by atomic mass is 10.1. The first kappa shape index (κ1) is 15.0. The Morgan fingerprint density at radius 2 is 2.00 bits per heavy atom. The Bertz CT molecular complexity index is 484. The Morgan fingerprint density at radius 1 is 1.32 bits per heavy atom. The second-order valence-electron chi connectivity index (χ2n) is 4.20.